The Hall–Kier alpha value is -6.96. The van der Waals surface area contributed by atoms with Gasteiger partial charge >= 0.3 is 0 Å². The molecule has 1 nitrogen and oxygen atoms in total. The molecular weight excluding hydrogens is 677 g/mol. The predicted molar refractivity (Wildman–Crippen MR) is 238 cm³/mol. The fourth-order valence-corrected chi connectivity index (χ4v) is 10.0. The van der Waals surface area contributed by atoms with E-state index in [1.165, 1.54) is 109 Å². The monoisotopic (exact) mass is 712 g/mol. The highest BCUT2D eigenvalue weighted by molar-refractivity contribution is 6.29. The predicted octanol–water partition coefficient (Wildman–Crippen LogP) is 15.5. The summed E-state index contributed by atoms with van der Waals surface area (Å²) in [5.41, 5.74) is 14.3. The molecule has 1 heteroatoms. The molecule has 1 aliphatic rings. The SMILES string of the molecule is CC1(C)c2ccccc2-c2c1cc1c(oc3ccc4ccccc4c31)c2-c1c2ccccc2c(-c2ccc3cc(-c4ccccc4)ccc3c2)c2ccccc12. The van der Waals surface area contributed by atoms with Crippen LogP contribution in [0.5, 0.6) is 0 Å². The summed E-state index contributed by atoms with van der Waals surface area (Å²) in [6.07, 6.45) is 0. The average molecular weight is 713 g/mol. The first-order chi connectivity index (χ1) is 27.5. The third-order valence-corrected chi connectivity index (χ3v) is 12.6. The molecule has 0 unspecified atom stereocenters. The van der Waals surface area contributed by atoms with Crippen LogP contribution in [0, 0.1) is 0 Å². The summed E-state index contributed by atoms with van der Waals surface area (Å²) in [6, 6.07) is 67.0. The van der Waals surface area contributed by atoms with Gasteiger partial charge in [-0.1, -0.05) is 172 Å². The highest BCUT2D eigenvalue weighted by Crippen LogP contribution is 2.58. The van der Waals surface area contributed by atoms with Crippen LogP contribution >= 0.6 is 0 Å². The molecule has 11 aromatic rings. The van der Waals surface area contributed by atoms with Crippen molar-refractivity contribution in [2.75, 3.05) is 0 Å². The van der Waals surface area contributed by atoms with Crippen molar-refractivity contribution >= 4 is 65.0 Å². The number of fused-ring (bicyclic) bond motifs is 11. The summed E-state index contributed by atoms with van der Waals surface area (Å²) in [6.45, 7) is 4.77. The molecule has 0 N–H and O–H groups in total. The normalized spacial score (nSPS) is 13.3. The van der Waals surface area contributed by atoms with E-state index in [1.807, 2.05) is 0 Å². The van der Waals surface area contributed by atoms with Gasteiger partial charge in [-0.3, -0.25) is 0 Å². The Labute approximate surface area is 325 Å². The number of benzene rings is 10. The lowest BCUT2D eigenvalue weighted by atomic mass is 9.79. The zero-order valence-corrected chi connectivity index (χ0v) is 31.2. The highest BCUT2D eigenvalue weighted by atomic mass is 16.3. The molecule has 0 bridgehead atoms. The lowest BCUT2D eigenvalue weighted by Crippen LogP contribution is -2.14. The zero-order valence-electron chi connectivity index (χ0n) is 31.2. The first kappa shape index (κ1) is 31.4. The van der Waals surface area contributed by atoms with Crippen LogP contribution in [0.1, 0.15) is 25.0 Å². The second-order valence-corrected chi connectivity index (χ2v) is 16.0. The lowest BCUT2D eigenvalue weighted by molar-refractivity contribution is 0.658. The van der Waals surface area contributed by atoms with Gasteiger partial charge in [0, 0.05) is 27.3 Å². The molecule has 0 saturated heterocycles. The fourth-order valence-electron chi connectivity index (χ4n) is 10.0. The number of rotatable bonds is 3. The molecule has 0 amide bonds. The summed E-state index contributed by atoms with van der Waals surface area (Å²) < 4.78 is 7.16. The molecule has 1 heterocycles. The van der Waals surface area contributed by atoms with Crippen LogP contribution in [0.4, 0.5) is 0 Å². The first-order valence-corrected chi connectivity index (χ1v) is 19.6. The molecule has 10 aromatic carbocycles. The van der Waals surface area contributed by atoms with E-state index in [0.29, 0.717) is 0 Å². The van der Waals surface area contributed by atoms with Crippen LogP contribution in [0.3, 0.4) is 0 Å². The molecule has 0 saturated carbocycles. The van der Waals surface area contributed by atoms with Crippen LogP contribution in [0.15, 0.2) is 186 Å². The van der Waals surface area contributed by atoms with Crippen molar-refractivity contribution in [2.24, 2.45) is 0 Å². The van der Waals surface area contributed by atoms with Crippen LogP contribution in [-0.2, 0) is 5.41 Å². The Morgan fingerprint density at radius 2 is 0.929 bits per heavy atom. The number of furan rings is 1. The van der Waals surface area contributed by atoms with Crippen molar-refractivity contribution in [3.8, 4) is 44.5 Å². The molecule has 262 valence electrons. The van der Waals surface area contributed by atoms with Gasteiger partial charge in [0.15, 0.2) is 0 Å². The van der Waals surface area contributed by atoms with Crippen molar-refractivity contribution in [1.29, 1.82) is 0 Å². The maximum Gasteiger partial charge on any atom is 0.143 e. The Morgan fingerprint density at radius 3 is 1.66 bits per heavy atom. The second kappa shape index (κ2) is 11.5. The van der Waals surface area contributed by atoms with E-state index in [0.717, 1.165) is 11.2 Å². The Kier molecular flexibility index (Phi) is 6.46. The van der Waals surface area contributed by atoms with Crippen molar-refractivity contribution in [3.05, 3.63) is 193 Å². The molecule has 0 fully saturated rings. The molecule has 12 rings (SSSR count). The van der Waals surface area contributed by atoms with Gasteiger partial charge < -0.3 is 4.42 Å². The van der Waals surface area contributed by atoms with Crippen LogP contribution in [0.2, 0.25) is 0 Å². The van der Waals surface area contributed by atoms with Crippen molar-refractivity contribution in [1.82, 2.24) is 0 Å². The summed E-state index contributed by atoms with van der Waals surface area (Å²) in [5, 5.41) is 12.2. The maximum atomic E-state index is 7.16. The summed E-state index contributed by atoms with van der Waals surface area (Å²) >= 11 is 0. The van der Waals surface area contributed by atoms with Gasteiger partial charge in [-0.25, -0.2) is 0 Å². The van der Waals surface area contributed by atoms with E-state index in [2.05, 4.69) is 196 Å². The minimum atomic E-state index is -0.194. The topological polar surface area (TPSA) is 13.1 Å². The van der Waals surface area contributed by atoms with E-state index < -0.39 is 0 Å². The van der Waals surface area contributed by atoms with Gasteiger partial charge in [-0.15, -0.1) is 0 Å². The summed E-state index contributed by atoms with van der Waals surface area (Å²) in [4.78, 5) is 0. The maximum absolute atomic E-state index is 7.16. The third-order valence-electron chi connectivity index (χ3n) is 12.6. The number of hydrogen-bond donors (Lipinski definition) is 0. The quantitative estimate of drug-likeness (QED) is 0.166. The van der Waals surface area contributed by atoms with Crippen molar-refractivity contribution in [2.45, 2.75) is 19.3 Å². The molecule has 56 heavy (non-hydrogen) atoms. The van der Waals surface area contributed by atoms with Gasteiger partial charge in [-0.2, -0.15) is 0 Å². The molecule has 0 spiro atoms. The van der Waals surface area contributed by atoms with Crippen LogP contribution < -0.4 is 0 Å². The van der Waals surface area contributed by atoms with Crippen LogP contribution in [0.25, 0.3) is 110 Å². The minimum Gasteiger partial charge on any atom is -0.455 e. The number of hydrogen-bond acceptors (Lipinski definition) is 1. The largest absolute Gasteiger partial charge is 0.455 e. The molecule has 0 radical (unpaired) electrons. The summed E-state index contributed by atoms with van der Waals surface area (Å²) in [7, 11) is 0. The van der Waals surface area contributed by atoms with Crippen LogP contribution in [-0.4, -0.2) is 0 Å². The van der Waals surface area contributed by atoms with Gasteiger partial charge in [0.2, 0.25) is 0 Å². The molecule has 1 aliphatic carbocycles. The van der Waals surface area contributed by atoms with Gasteiger partial charge in [-0.05, 0) is 112 Å². The second-order valence-electron chi connectivity index (χ2n) is 16.0. The summed E-state index contributed by atoms with van der Waals surface area (Å²) in [5.74, 6) is 0. The Bertz CT molecular complexity index is 3380. The fraction of sp³-hybridized carbons (Fsp3) is 0.0545. The van der Waals surface area contributed by atoms with E-state index in [4.69, 9.17) is 4.42 Å². The van der Waals surface area contributed by atoms with E-state index >= 15 is 0 Å². The first-order valence-electron chi connectivity index (χ1n) is 19.6. The molecular formula is C55H36O. The van der Waals surface area contributed by atoms with E-state index in [9.17, 15) is 0 Å². The van der Waals surface area contributed by atoms with E-state index in [1.54, 1.807) is 0 Å². The third kappa shape index (κ3) is 4.31. The van der Waals surface area contributed by atoms with Gasteiger partial charge in [0.05, 0.1) is 0 Å². The Balaban J connectivity index is 1.20. The minimum absolute atomic E-state index is 0.194. The van der Waals surface area contributed by atoms with Crippen molar-refractivity contribution in [3.63, 3.8) is 0 Å². The standard InChI is InChI=1S/C55H36O/c1-55(2)46-23-13-12-22-44(46)52-47(55)32-45-50-39-17-7-6-16-34(39)28-29-48(50)56-54(45)53(52)51-42-20-10-8-18-40(42)49(41-19-9-11-21-43(41)51)38-27-26-36-30-35(24-25-37(36)31-38)33-14-4-3-5-15-33/h3-32H,1-2H3. The lowest BCUT2D eigenvalue weighted by Gasteiger charge is -2.23. The molecule has 0 atom stereocenters. The average Bonchev–Trinajstić information content (AvgIpc) is 3.74. The van der Waals surface area contributed by atoms with E-state index in [-0.39, 0.29) is 5.41 Å². The van der Waals surface area contributed by atoms with Gasteiger partial charge in [0.25, 0.3) is 0 Å². The van der Waals surface area contributed by atoms with Gasteiger partial charge in [0.1, 0.15) is 11.2 Å². The zero-order chi connectivity index (χ0) is 37.1. The molecule has 1 aromatic heterocycles. The smallest absolute Gasteiger partial charge is 0.143 e. The van der Waals surface area contributed by atoms with Crippen molar-refractivity contribution < 1.29 is 4.42 Å². The highest BCUT2D eigenvalue weighted by Gasteiger charge is 2.39. The Morgan fingerprint density at radius 1 is 0.357 bits per heavy atom. The molecule has 0 aliphatic heterocycles.